The van der Waals surface area contributed by atoms with Crippen LogP contribution in [0.15, 0.2) is 58.6 Å². The Morgan fingerprint density at radius 3 is 2.06 bits per heavy atom. The molecule has 2 saturated heterocycles. The molecule has 1 N–H and O–H groups in total. The van der Waals surface area contributed by atoms with Crippen LogP contribution in [0.25, 0.3) is 0 Å². The summed E-state index contributed by atoms with van der Waals surface area (Å²) in [5.41, 5.74) is -1.60. The predicted molar refractivity (Wildman–Crippen MR) is 168 cm³/mol. The van der Waals surface area contributed by atoms with Crippen molar-refractivity contribution in [2.75, 3.05) is 16.9 Å². The first-order valence-electron chi connectivity index (χ1n) is 14.6. The number of anilines is 2. The Morgan fingerprint density at radius 1 is 0.837 bits per heavy atom. The molecule has 2 aliphatic heterocycles. The first-order chi connectivity index (χ1) is 23.1. The molecule has 4 amide bonds. The molecule has 3 aromatic rings. The summed E-state index contributed by atoms with van der Waals surface area (Å²) in [6.07, 6.45) is 0.808. The zero-order valence-corrected chi connectivity index (χ0v) is 27.8. The van der Waals surface area contributed by atoms with Gasteiger partial charge in [-0.15, -0.1) is 23.2 Å². The molecule has 2 aliphatic carbocycles. The average molecular weight is 786 g/mol. The van der Waals surface area contributed by atoms with Crippen LogP contribution in [0, 0.1) is 46.8 Å². The van der Waals surface area contributed by atoms with E-state index in [1.165, 1.54) is 43.5 Å². The van der Waals surface area contributed by atoms with E-state index in [0.717, 1.165) is 4.90 Å². The summed E-state index contributed by atoms with van der Waals surface area (Å²) in [6, 6.07) is 10.1. The second kappa shape index (κ2) is 11.3. The molecule has 8 nitrogen and oxygen atoms in total. The average Bonchev–Trinajstić information content (AvgIpc) is 3.42. The summed E-state index contributed by atoms with van der Waals surface area (Å²) in [5, 5.41) is 11.1. The number of carbonyl (C=O) groups is 4. The van der Waals surface area contributed by atoms with E-state index in [-0.39, 0.29) is 33.9 Å². The van der Waals surface area contributed by atoms with Gasteiger partial charge in [0.05, 0.1) is 24.6 Å². The topological polar surface area (TPSA) is 104 Å². The van der Waals surface area contributed by atoms with Gasteiger partial charge in [-0.1, -0.05) is 27.6 Å². The standard InChI is InChI=1S/C33H20BrCl2F5N2O6/c1-49-14-6-9-19(44)17(10-14)21-15-7-8-16-20(29(46)42(28(16)45)13-4-2-12(34)3-5-13)18(15)11-32(35)30(47)43(31(48)33(21,32)36)27-25(40)23(38)22(37)24(39)26(27)41/h2-7,9-10,16,18,20-21,44H,8,11H2,1H3/t16-,18+,20-,21+,32+,33-/m0/s1. The monoisotopic (exact) mass is 784 g/mol. The number of carbonyl (C=O) groups excluding carboxylic acids is 4. The number of rotatable bonds is 4. The van der Waals surface area contributed by atoms with E-state index in [2.05, 4.69) is 15.9 Å². The van der Waals surface area contributed by atoms with E-state index >= 15 is 8.78 Å². The van der Waals surface area contributed by atoms with Gasteiger partial charge in [0.15, 0.2) is 33.0 Å². The second-order valence-electron chi connectivity index (χ2n) is 12.1. The van der Waals surface area contributed by atoms with Crippen molar-refractivity contribution in [2.24, 2.45) is 17.8 Å². The van der Waals surface area contributed by atoms with E-state index in [0.29, 0.717) is 4.47 Å². The summed E-state index contributed by atoms with van der Waals surface area (Å²) in [6.45, 7) is 0. The van der Waals surface area contributed by atoms with Crippen molar-refractivity contribution in [3.8, 4) is 11.5 Å². The summed E-state index contributed by atoms with van der Waals surface area (Å²) in [4.78, 5) is 51.7. The van der Waals surface area contributed by atoms with Gasteiger partial charge in [0, 0.05) is 16.0 Å². The molecule has 16 heteroatoms. The fourth-order valence-corrected chi connectivity index (χ4v) is 8.84. The van der Waals surface area contributed by atoms with Crippen LogP contribution in [0.5, 0.6) is 11.5 Å². The molecule has 3 fully saturated rings. The molecule has 4 aliphatic rings. The van der Waals surface area contributed by atoms with Crippen molar-refractivity contribution in [1.82, 2.24) is 0 Å². The Kier molecular flexibility index (Phi) is 7.69. The lowest BCUT2D eigenvalue weighted by molar-refractivity contribution is -0.125. The van der Waals surface area contributed by atoms with Crippen LogP contribution >= 0.6 is 39.1 Å². The minimum absolute atomic E-state index is 0.0545. The van der Waals surface area contributed by atoms with Crippen molar-refractivity contribution >= 4 is 74.1 Å². The van der Waals surface area contributed by atoms with E-state index in [9.17, 15) is 37.5 Å². The molecule has 254 valence electrons. The lowest BCUT2D eigenvalue weighted by atomic mass is 9.56. The molecular formula is C33H20BrCl2F5N2O6. The number of phenolic OH excluding ortho intramolecular Hbond substituents is 1. The Balaban J connectivity index is 1.45. The number of fused-ring (bicyclic) bond motifs is 4. The van der Waals surface area contributed by atoms with Crippen LogP contribution in [-0.4, -0.2) is 45.6 Å². The number of aromatic hydroxyl groups is 1. The van der Waals surface area contributed by atoms with Gasteiger partial charge in [-0.25, -0.2) is 26.9 Å². The van der Waals surface area contributed by atoms with Crippen molar-refractivity contribution in [3.63, 3.8) is 0 Å². The van der Waals surface area contributed by atoms with Crippen LogP contribution in [0.4, 0.5) is 33.3 Å². The minimum Gasteiger partial charge on any atom is -0.508 e. The maximum Gasteiger partial charge on any atom is 0.258 e. The zero-order valence-electron chi connectivity index (χ0n) is 24.7. The molecule has 3 aromatic carbocycles. The lowest BCUT2D eigenvalue weighted by Gasteiger charge is -2.50. The number of hydrogen-bond acceptors (Lipinski definition) is 6. The number of imide groups is 2. The van der Waals surface area contributed by atoms with E-state index in [4.69, 9.17) is 27.9 Å². The van der Waals surface area contributed by atoms with Crippen LogP contribution in [-0.2, 0) is 19.2 Å². The number of benzene rings is 3. The summed E-state index contributed by atoms with van der Waals surface area (Å²) in [7, 11) is 1.29. The first-order valence-corrected chi connectivity index (χ1v) is 16.1. The van der Waals surface area contributed by atoms with Crippen LogP contribution < -0.4 is 14.5 Å². The third kappa shape index (κ3) is 4.32. The highest BCUT2D eigenvalue weighted by atomic mass is 79.9. The number of amides is 4. The quantitative estimate of drug-likeness (QED) is 0.0797. The fraction of sp³-hybridized carbons (Fsp3) is 0.273. The molecule has 49 heavy (non-hydrogen) atoms. The number of nitrogens with zero attached hydrogens (tertiary/aromatic N) is 2. The summed E-state index contributed by atoms with van der Waals surface area (Å²) >= 11 is 17.5. The smallest absolute Gasteiger partial charge is 0.258 e. The van der Waals surface area contributed by atoms with Crippen LogP contribution in [0.1, 0.15) is 24.3 Å². The van der Waals surface area contributed by atoms with Gasteiger partial charge < -0.3 is 9.84 Å². The van der Waals surface area contributed by atoms with E-state index in [1.54, 1.807) is 12.1 Å². The van der Waals surface area contributed by atoms with E-state index < -0.39 is 104 Å². The Bertz CT molecular complexity index is 2040. The van der Waals surface area contributed by atoms with E-state index in [1.807, 2.05) is 0 Å². The SMILES string of the molecule is COc1ccc(O)c([C@H]2C3=CC[C@@H]4C(=O)N(c5ccc(Br)cc5)C(=O)[C@@H]4[C@@H]3C[C@@]3(Cl)C(=O)N(c4c(F)c(F)c(F)c(F)c4F)C(=O)[C@@]23Cl)c1. The van der Waals surface area contributed by atoms with Crippen LogP contribution in [0.3, 0.4) is 0 Å². The van der Waals surface area contributed by atoms with Crippen molar-refractivity contribution in [1.29, 1.82) is 0 Å². The molecule has 1 saturated carbocycles. The summed E-state index contributed by atoms with van der Waals surface area (Å²) in [5.74, 6) is -22.2. The van der Waals surface area contributed by atoms with Gasteiger partial charge in [0.25, 0.3) is 11.8 Å². The molecule has 7 rings (SSSR count). The number of ether oxygens (including phenoxy) is 1. The molecule has 0 bridgehead atoms. The first kappa shape index (κ1) is 33.5. The number of allylic oxidation sites excluding steroid dienone is 2. The highest BCUT2D eigenvalue weighted by Gasteiger charge is 2.77. The lowest BCUT2D eigenvalue weighted by Crippen LogP contribution is -2.60. The van der Waals surface area contributed by atoms with Crippen LogP contribution in [0.2, 0.25) is 0 Å². The second-order valence-corrected chi connectivity index (χ2v) is 14.3. The number of hydrogen-bond donors (Lipinski definition) is 1. The highest BCUT2D eigenvalue weighted by Crippen LogP contribution is 2.67. The maximum atomic E-state index is 15.2. The van der Waals surface area contributed by atoms with Gasteiger partial charge in [-0.05, 0) is 61.2 Å². The summed E-state index contributed by atoms with van der Waals surface area (Å²) < 4.78 is 79.2. The number of alkyl halides is 2. The molecule has 6 atom stereocenters. The molecule has 0 aromatic heterocycles. The fourth-order valence-electron chi connectivity index (χ4n) is 7.65. The van der Waals surface area contributed by atoms with Crippen molar-refractivity contribution < 1.29 is 51.0 Å². The molecule has 2 heterocycles. The third-order valence-corrected chi connectivity index (χ3v) is 11.8. The number of halogens is 8. The molecule has 0 radical (unpaired) electrons. The Morgan fingerprint density at radius 2 is 1.45 bits per heavy atom. The van der Waals surface area contributed by atoms with Gasteiger partial charge in [-0.2, -0.15) is 0 Å². The van der Waals surface area contributed by atoms with Gasteiger partial charge in [0.1, 0.15) is 17.2 Å². The minimum atomic E-state index is -2.78. The van der Waals surface area contributed by atoms with Gasteiger partial charge in [0.2, 0.25) is 17.6 Å². The Hall–Kier alpha value is -4.01. The number of methoxy groups -OCH3 is 1. The molecule has 0 unspecified atom stereocenters. The molecule has 0 spiro atoms. The van der Waals surface area contributed by atoms with Crippen molar-refractivity contribution in [2.45, 2.75) is 28.5 Å². The zero-order chi connectivity index (χ0) is 35.5. The van der Waals surface area contributed by atoms with Crippen molar-refractivity contribution in [3.05, 3.63) is 93.2 Å². The van der Waals surface area contributed by atoms with Gasteiger partial charge >= 0.3 is 0 Å². The normalized spacial score (nSPS) is 29.2. The molecular weight excluding hydrogens is 766 g/mol. The third-order valence-electron chi connectivity index (χ3n) is 9.85. The predicted octanol–water partition coefficient (Wildman–Crippen LogP) is 6.63. The largest absolute Gasteiger partial charge is 0.508 e. The Labute approximate surface area is 292 Å². The van der Waals surface area contributed by atoms with Gasteiger partial charge in [-0.3, -0.25) is 24.1 Å². The number of phenols is 1. The highest BCUT2D eigenvalue weighted by molar-refractivity contribution is 9.10. The maximum absolute atomic E-state index is 15.2.